The molecule has 0 aromatic heterocycles. The van der Waals surface area contributed by atoms with Crippen LogP contribution in [0.25, 0.3) is 0 Å². The normalized spacial score (nSPS) is 23.1. The summed E-state index contributed by atoms with van der Waals surface area (Å²) >= 11 is 0. The summed E-state index contributed by atoms with van der Waals surface area (Å²) in [5, 5.41) is 9.76. The van der Waals surface area contributed by atoms with Crippen LogP contribution in [-0.2, 0) is 19.0 Å². The number of halogens is 15. The molecule has 0 amide bonds. The van der Waals surface area contributed by atoms with Crippen molar-refractivity contribution in [3.05, 3.63) is 12.2 Å². The van der Waals surface area contributed by atoms with E-state index in [1.807, 2.05) is 6.58 Å². The predicted molar refractivity (Wildman–Crippen MR) is 100.0 cm³/mol. The van der Waals surface area contributed by atoms with Crippen molar-refractivity contribution >= 4 is 5.97 Å². The van der Waals surface area contributed by atoms with E-state index in [0.29, 0.717) is 0 Å². The number of hydrogen-bond acceptors (Lipinski definition) is 5. The van der Waals surface area contributed by atoms with E-state index in [0.717, 1.165) is 6.92 Å². The molecule has 236 valence electrons. The highest BCUT2D eigenvalue weighted by Gasteiger charge is 2.80. The van der Waals surface area contributed by atoms with Crippen LogP contribution < -0.4 is 0 Å². The van der Waals surface area contributed by atoms with Crippen LogP contribution in [0.4, 0.5) is 65.9 Å². The average molecular weight is 626 g/mol. The fourth-order valence-corrected chi connectivity index (χ4v) is 4.37. The maximum atomic E-state index is 14.1. The summed E-state index contributed by atoms with van der Waals surface area (Å²) in [6, 6.07) is 0. The van der Waals surface area contributed by atoms with Crippen molar-refractivity contribution in [1.29, 1.82) is 0 Å². The third-order valence-electron chi connectivity index (χ3n) is 6.16. The molecule has 20 heteroatoms. The first-order chi connectivity index (χ1) is 17.6. The molecule has 1 N–H and O–H groups in total. The molecule has 0 aromatic rings. The summed E-state index contributed by atoms with van der Waals surface area (Å²) < 4.78 is 217. The Morgan fingerprint density at radius 2 is 1.23 bits per heavy atom. The highest BCUT2D eigenvalue weighted by molar-refractivity contribution is 5.89. The lowest BCUT2D eigenvalue weighted by Gasteiger charge is -2.50. The van der Waals surface area contributed by atoms with E-state index in [4.69, 9.17) is 9.47 Å². The van der Waals surface area contributed by atoms with E-state index in [1.165, 1.54) is 6.92 Å². The van der Waals surface area contributed by atoms with Crippen LogP contribution in [0.15, 0.2) is 12.2 Å². The van der Waals surface area contributed by atoms with Crippen molar-refractivity contribution < 1.29 is 90.0 Å². The fourth-order valence-electron chi connectivity index (χ4n) is 4.37. The Bertz CT molecular complexity index is 872. The molecule has 1 aliphatic rings. The molecule has 1 rings (SSSR count). The van der Waals surface area contributed by atoms with Gasteiger partial charge in [-0.25, -0.2) is 4.79 Å². The van der Waals surface area contributed by atoms with Gasteiger partial charge in [0.15, 0.2) is 6.29 Å². The smallest absolute Gasteiger partial charge is 0.436 e. The Labute approximate surface area is 215 Å². The number of carbonyl (C=O) groups excluding carboxylic acids is 1. The van der Waals surface area contributed by atoms with Crippen molar-refractivity contribution in [3.63, 3.8) is 0 Å². The number of esters is 1. The third-order valence-corrected chi connectivity index (χ3v) is 6.16. The first kappa shape index (κ1) is 36.1. The van der Waals surface area contributed by atoms with Crippen LogP contribution in [-0.4, -0.2) is 72.2 Å². The molecule has 0 radical (unpaired) electrons. The lowest BCUT2D eigenvalue weighted by molar-refractivity contribution is -0.407. The Balaban J connectivity index is 3.94. The van der Waals surface area contributed by atoms with Crippen LogP contribution in [0.5, 0.6) is 0 Å². The SMILES string of the molecule is C=C(C(=O)OC(C1CC(OC(C)OCC)CC(C(O)(C(F)(F)F)C(F)(F)F)C1)(C(F)(F)F)C(F)(F)F)C(F)(F)F. The van der Waals surface area contributed by atoms with Gasteiger partial charge in [-0.3, -0.25) is 0 Å². The van der Waals surface area contributed by atoms with Gasteiger partial charge in [0.05, 0.1) is 6.10 Å². The molecule has 40 heavy (non-hydrogen) atoms. The maximum absolute atomic E-state index is 14.1. The molecule has 0 saturated heterocycles. The molecular formula is C20H21F15O5. The topological polar surface area (TPSA) is 65.0 Å². The van der Waals surface area contributed by atoms with Crippen LogP contribution >= 0.6 is 0 Å². The molecule has 4 unspecified atom stereocenters. The van der Waals surface area contributed by atoms with Gasteiger partial charge < -0.3 is 19.3 Å². The molecule has 1 saturated carbocycles. The van der Waals surface area contributed by atoms with E-state index in [9.17, 15) is 75.8 Å². The van der Waals surface area contributed by atoms with Gasteiger partial charge in [0.2, 0.25) is 0 Å². The number of alkyl halides is 15. The van der Waals surface area contributed by atoms with Crippen LogP contribution in [0, 0.1) is 11.8 Å². The number of rotatable bonds is 8. The zero-order valence-electron chi connectivity index (χ0n) is 20.1. The van der Waals surface area contributed by atoms with Gasteiger partial charge in [0.25, 0.3) is 5.60 Å². The van der Waals surface area contributed by atoms with Crippen molar-refractivity contribution in [2.75, 3.05) is 6.61 Å². The fraction of sp³-hybridized carbons (Fsp3) is 0.850. The molecule has 0 aliphatic heterocycles. The van der Waals surface area contributed by atoms with Crippen molar-refractivity contribution in [2.24, 2.45) is 11.8 Å². The minimum Gasteiger partial charge on any atom is -0.436 e. The van der Waals surface area contributed by atoms with Crippen molar-refractivity contribution in [2.45, 2.75) is 87.6 Å². The zero-order valence-corrected chi connectivity index (χ0v) is 20.1. The summed E-state index contributed by atoms with van der Waals surface area (Å²) in [5.41, 5.74) is -14.9. The summed E-state index contributed by atoms with van der Waals surface area (Å²) in [6.45, 7) is 3.95. The number of carbonyl (C=O) groups is 1. The lowest BCUT2D eigenvalue weighted by atomic mass is 9.65. The second kappa shape index (κ2) is 11.4. The van der Waals surface area contributed by atoms with E-state index in [1.54, 1.807) is 0 Å². The van der Waals surface area contributed by atoms with E-state index in [2.05, 4.69) is 4.74 Å². The van der Waals surface area contributed by atoms with Gasteiger partial charge in [0, 0.05) is 18.4 Å². The standard InChI is InChI=1S/C20H21F15O5/c1-4-38-9(3)39-12-6-10(14(37,17(24,25)26)18(27,28)29)5-11(7-12)15(19(30,31)32,20(33,34)35)40-13(36)8(2)16(21,22)23/h9-12,37H,2,4-7H2,1,3H3. The molecule has 0 bridgehead atoms. The van der Waals surface area contributed by atoms with Gasteiger partial charge in [-0.1, -0.05) is 6.58 Å². The molecule has 0 spiro atoms. The molecule has 5 nitrogen and oxygen atoms in total. The molecule has 0 heterocycles. The van der Waals surface area contributed by atoms with Gasteiger partial charge in [-0.05, 0) is 33.1 Å². The predicted octanol–water partition coefficient (Wildman–Crippen LogP) is 6.55. The zero-order chi connectivity index (χ0) is 31.9. The van der Waals surface area contributed by atoms with Gasteiger partial charge in [0.1, 0.15) is 5.57 Å². The van der Waals surface area contributed by atoms with Gasteiger partial charge >= 0.3 is 42.5 Å². The summed E-state index contributed by atoms with van der Waals surface area (Å²) in [5.74, 6) is -10.6. The van der Waals surface area contributed by atoms with Crippen LogP contribution in [0.3, 0.4) is 0 Å². The second-order valence-corrected chi connectivity index (χ2v) is 8.74. The number of hydrogen-bond donors (Lipinski definition) is 1. The largest absolute Gasteiger partial charge is 0.437 e. The molecule has 0 aromatic carbocycles. The number of ether oxygens (including phenoxy) is 3. The van der Waals surface area contributed by atoms with Crippen molar-refractivity contribution in [3.8, 4) is 0 Å². The molecular weight excluding hydrogens is 605 g/mol. The van der Waals surface area contributed by atoms with Gasteiger partial charge in [-0.15, -0.1) is 0 Å². The van der Waals surface area contributed by atoms with Crippen LogP contribution in [0.2, 0.25) is 0 Å². The van der Waals surface area contributed by atoms with E-state index < -0.39 is 97.1 Å². The Morgan fingerprint density at radius 3 is 1.57 bits per heavy atom. The molecule has 1 aliphatic carbocycles. The minimum atomic E-state index is -6.97. The van der Waals surface area contributed by atoms with E-state index >= 15 is 0 Å². The summed E-state index contributed by atoms with van der Waals surface area (Å²) in [7, 11) is 0. The third kappa shape index (κ3) is 6.91. The summed E-state index contributed by atoms with van der Waals surface area (Å²) in [4.78, 5) is 11.8. The molecule has 4 atom stereocenters. The minimum absolute atomic E-state index is 0.262. The summed E-state index contributed by atoms with van der Waals surface area (Å²) in [6.07, 6.45) is -43.2. The first-order valence-corrected chi connectivity index (χ1v) is 10.8. The number of aliphatic hydroxyl groups is 1. The second-order valence-electron chi connectivity index (χ2n) is 8.74. The van der Waals surface area contributed by atoms with Crippen molar-refractivity contribution in [1.82, 2.24) is 0 Å². The monoisotopic (exact) mass is 626 g/mol. The maximum Gasteiger partial charge on any atom is 0.437 e. The quantitative estimate of drug-likeness (QED) is 0.143. The first-order valence-electron chi connectivity index (χ1n) is 10.8. The Hall–Kier alpha value is -1.96. The Morgan fingerprint density at radius 1 is 0.800 bits per heavy atom. The molecule has 1 fully saturated rings. The van der Waals surface area contributed by atoms with Gasteiger partial charge in [-0.2, -0.15) is 65.9 Å². The highest BCUT2D eigenvalue weighted by atomic mass is 19.4. The lowest BCUT2D eigenvalue weighted by Crippen LogP contribution is -2.68. The van der Waals surface area contributed by atoms with E-state index in [-0.39, 0.29) is 6.61 Å². The Kier molecular flexibility index (Phi) is 10.3. The average Bonchev–Trinajstić information content (AvgIpc) is 2.71. The van der Waals surface area contributed by atoms with Crippen LogP contribution in [0.1, 0.15) is 33.1 Å². The highest BCUT2D eigenvalue weighted by Crippen LogP contribution is 2.59.